The molecule has 14 heavy (non-hydrogen) atoms. The third kappa shape index (κ3) is 3.61. The van der Waals surface area contributed by atoms with E-state index in [0.717, 1.165) is 12.8 Å². The summed E-state index contributed by atoms with van der Waals surface area (Å²) < 4.78 is 4.52. The fraction of sp³-hybridized carbons (Fsp3) is 0.889. The molecule has 0 bridgehead atoms. The van der Waals surface area contributed by atoms with Crippen molar-refractivity contribution >= 4 is 5.91 Å². The van der Waals surface area contributed by atoms with Crippen molar-refractivity contribution in [3.05, 3.63) is 5.21 Å². The van der Waals surface area contributed by atoms with Gasteiger partial charge < -0.3 is 19.9 Å². The average Bonchev–Trinajstić information content (AvgIpc) is 2.09. The summed E-state index contributed by atoms with van der Waals surface area (Å²) in [5, 5.41) is 14.3. The quantitative estimate of drug-likeness (QED) is 0.511. The molecule has 1 aliphatic rings. The standard InChI is InChI=1S/C9H18N2O3/c1-11(13)5-3-8(4-6-11)10-9(12)7-14-2/h8H,3-7H2,1-2H3,(H,10,12). The maximum atomic E-state index is 11.5. The molecule has 1 amide bonds. The fourth-order valence-electron chi connectivity index (χ4n) is 1.66. The first kappa shape index (κ1) is 11.4. The van der Waals surface area contributed by atoms with Crippen molar-refractivity contribution < 1.29 is 14.2 Å². The lowest BCUT2D eigenvalue weighted by Gasteiger charge is -2.44. The Labute approximate surface area is 84.2 Å². The molecule has 0 radical (unpaired) electrons. The zero-order chi connectivity index (χ0) is 10.6. The van der Waals surface area contributed by atoms with Gasteiger partial charge >= 0.3 is 0 Å². The van der Waals surface area contributed by atoms with Gasteiger partial charge in [0.2, 0.25) is 5.91 Å². The van der Waals surface area contributed by atoms with Crippen molar-refractivity contribution in [2.24, 2.45) is 0 Å². The molecule has 0 aromatic heterocycles. The van der Waals surface area contributed by atoms with Crippen molar-refractivity contribution in [3.63, 3.8) is 0 Å². The minimum atomic E-state index is -0.184. The monoisotopic (exact) mass is 202 g/mol. The number of ether oxygens (including phenoxy) is 1. The Hall–Kier alpha value is -0.650. The van der Waals surface area contributed by atoms with Crippen LogP contribution in [0.1, 0.15) is 12.8 Å². The van der Waals surface area contributed by atoms with Crippen LogP contribution in [0.3, 0.4) is 0 Å². The number of hydroxylamine groups is 3. The zero-order valence-electron chi connectivity index (χ0n) is 8.78. The second-order valence-corrected chi connectivity index (χ2v) is 4.02. The molecule has 0 aliphatic carbocycles. The Kier molecular flexibility index (Phi) is 3.86. The Bertz CT molecular complexity index is 196. The number of hydrogen-bond acceptors (Lipinski definition) is 3. The summed E-state index contributed by atoms with van der Waals surface area (Å²) in [5.41, 5.74) is 0. The molecule has 82 valence electrons. The van der Waals surface area contributed by atoms with Crippen LogP contribution in [0.2, 0.25) is 0 Å². The van der Waals surface area contributed by atoms with E-state index in [4.69, 9.17) is 4.74 Å². The lowest BCUT2D eigenvalue weighted by molar-refractivity contribution is -0.866. The van der Waals surface area contributed by atoms with E-state index in [0.29, 0.717) is 13.1 Å². The van der Waals surface area contributed by atoms with Crippen LogP contribution in [0.25, 0.3) is 0 Å². The molecule has 1 heterocycles. The smallest absolute Gasteiger partial charge is 0.246 e. The first-order valence-corrected chi connectivity index (χ1v) is 4.87. The second kappa shape index (κ2) is 4.72. The number of amides is 1. The van der Waals surface area contributed by atoms with Crippen LogP contribution in [0.5, 0.6) is 0 Å². The van der Waals surface area contributed by atoms with E-state index in [2.05, 4.69) is 5.32 Å². The molecule has 0 aromatic rings. The molecule has 0 aromatic carbocycles. The van der Waals surface area contributed by atoms with Gasteiger partial charge in [-0.15, -0.1) is 0 Å². The van der Waals surface area contributed by atoms with Crippen molar-refractivity contribution in [2.75, 3.05) is 33.9 Å². The highest BCUT2D eigenvalue weighted by Gasteiger charge is 2.24. The molecule has 1 rings (SSSR count). The van der Waals surface area contributed by atoms with Crippen molar-refractivity contribution in [1.82, 2.24) is 5.32 Å². The number of piperidine rings is 1. The van der Waals surface area contributed by atoms with Gasteiger partial charge in [-0.1, -0.05) is 0 Å². The van der Waals surface area contributed by atoms with E-state index in [1.807, 2.05) is 0 Å². The molecule has 0 saturated carbocycles. The lowest BCUT2D eigenvalue weighted by Crippen LogP contribution is -2.51. The Balaban J connectivity index is 2.25. The number of nitrogens with one attached hydrogen (secondary N) is 1. The second-order valence-electron chi connectivity index (χ2n) is 4.02. The molecular formula is C9H18N2O3. The van der Waals surface area contributed by atoms with Crippen LogP contribution in [0.4, 0.5) is 0 Å². The van der Waals surface area contributed by atoms with E-state index in [1.54, 1.807) is 7.05 Å². The summed E-state index contributed by atoms with van der Waals surface area (Å²) >= 11 is 0. The van der Waals surface area contributed by atoms with Crippen LogP contribution >= 0.6 is 0 Å². The van der Waals surface area contributed by atoms with E-state index in [1.165, 1.54) is 7.11 Å². The van der Waals surface area contributed by atoms with E-state index >= 15 is 0 Å². The summed E-state index contributed by atoms with van der Waals surface area (Å²) in [7, 11) is 3.17. The third-order valence-electron chi connectivity index (χ3n) is 2.54. The van der Waals surface area contributed by atoms with Crippen molar-refractivity contribution in [1.29, 1.82) is 0 Å². The molecule has 5 heteroatoms. The van der Waals surface area contributed by atoms with Crippen molar-refractivity contribution in [3.8, 4) is 0 Å². The first-order chi connectivity index (χ1) is 6.53. The number of methoxy groups -OCH3 is 1. The highest BCUT2D eigenvalue weighted by Crippen LogP contribution is 2.14. The predicted octanol–water partition coefficient (Wildman–Crippen LogP) is -0.144. The lowest BCUT2D eigenvalue weighted by atomic mass is 10.1. The average molecular weight is 202 g/mol. The Morgan fingerprint density at radius 2 is 2.14 bits per heavy atom. The largest absolute Gasteiger partial charge is 0.633 e. The van der Waals surface area contributed by atoms with Crippen LogP contribution in [-0.2, 0) is 9.53 Å². The summed E-state index contributed by atoms with van der Waals surface area (Å²) in [5.74, 6) is -0.0977. The van der Waals surface area contributed by atoms with E-state index < -0.39 is 0 Å². The van der Waals surface area contributed by atoms with Gasteiger partial charge in [0.05, 0.1) is 20.1 Å². The van der Waals surface area contributed by atoms with Gasteiger partial charge in [0.1, 0.15) is 6.61 Å². The molecule has 1 fully saturated rings. The number of quaternary nitrogens is 1. The SMILES string of the molecule is COCC(=O)NC1CC[N+](C)([O-])CC1. The minimum absolute atomic E-state index is 0.0972. The summed E-state index contributed by atoms with van der Waals surface area (Å²) in [6.07, 6.45) is 1.52. The zero-order valence-corrected chi connectivity index (χ0v) is 8.78. The molecular weight excluding hydrogens is 184 g/mol. The summed E-state index contributed by atoms with van der Waals surface area (Å²) in [6, 6.07) is 0.151. The van der Waals surface area contributed by atoms with Gasteiger partial charge in [-0.2, -0.15) is 0 Å². The number of hydrogen-bond donors (Lipinski definition) is 1. The number of likely N-dealkylation sites (tertiary alicyclic amines) is 1. The van der Waals surface area contributed by atoms with Gasteiger partial charge in [-0.05, 0) is 0 Å². The molecule has 0 unspecified atom stereocenters. The molecule has 5 nitrogen and oxygen atoms in total. The Morgan fingerprint density at radius 1 is 1.57 bits per heavy atom. The molecule has 1 N–H and O–H groups in total. The van der Waals surface area contributed by atoms with E-state index in [9.17, 15) is 10.0 Å². The highest BCUT2D eigenvalue weighted by molar-refractivity contribution is 5.77. The van der Waals surface area contributed by atoms with Gasteiger partial charge in [0, 0.05) is 26.0 Å². The predicted molar refractivity (Wildman–Crippen MR) is 52.3 cm³/mol. The summed E-state index contributed by atoms with van der Waals surface area (Å²) in [4.78, 5) is 11.2. The van der Waals surface area contributed by atoms with E-state index in [-0.39, 0.29) is 23.2 Å². The topological polar surface area (TPSA) is 61.4 Å². The Morgan fingerprint density at radius 3 is 2.64 bits per heavy atom. The summed E-state index contributed by atoms with van der Waals surface area (Å²) in [6.45, 7) is 1.26. The minimum Gasteiger partial charge on any atom is -0.633 e. The number of carbonyl (C=O) groups is 1. The maximum absolute atomic E-state index is 11.5. The normalized spacial score (nSPS) is 32.6. The van der Waals surface area contributed by atoms with Crippen LogP contribution in [0, 0.1) is 5.21 Å². The van der Waals surface area contributed by atoms with Gasteiger partial charge in [-0.3, -0.25) is 4.79 Å². The van der Waals surface area contributed by atoms with Crippen LogP contribution < -0.4 is 5.32 Å². The number of nitrogens with zero attached hydrogens (tertiary/aromatic N) is 1. The highest BCUT2D eigenvalue weighted by atomic mass is 16.5. The fourth-order valence-corrected chi connectivity index (χ4v) is 1.66. The van der Waals surface area contributed by atoms with Crippen LogP contribution in [0.15, 0.2) is 0 Å². The molecule has 0 atom stereocenters. The number of rotatable bonds is 3. The van der Waals surface area contributed by atoms with Crippen molar-refractivity contribution in [2.45, 2.75) is 18.9 Å². The number of carbonyl (C=O) groups excluding carboxylic acids is 1. The molecule has 1 aliphatic heterocycles. The molecule has 0 spiro atoms. The maximum Gasteiger partial charge on any atom is 0.246 e. The van der Waals surface area contributed by atoms with Gasteiger partial charge in [0.15, 0.2) is 0 Å². The van der Waals surface area contributed by atoms with Gasteiger partial charge in [0.25, 0.3) is 0 Å². The third-order valence-corrected chi connectivity index (χ3v) is 2.54. The first-order valence-electron chi connectivity index (χ1n) is 4.87. The van der Waals surface area contributed by atoms with Crippen LogP contribution in [-0.4, -0.2) is 50.4 Å². The molecule has 1 saturated heterocycles. The van der Waals surface area contributed by atoms with Gasteiger partial charge in [-0.25, -0.2) is 0 Å².